The maximum atomic E-state index is 12.1. The van der Waals surface area contributed by atoms with Crippen LogP contribution in [0.25, 0.3) is 11.2 Å². The lowest BCUT2D eigenvalue weighted by Gasteiger charge is -2.09. The summed E-state index contributed by atoms with van der Waals surface area (Å²) in [5, 5.41) is 0. The summed E-state index contributed by atoms with van der Waals surface area (Å²) in [7, 11) is 0. The number of rotatable bonds is 3. The van der Waals surface area contributed by atoms with Crippen LogP contribution in [0.2, 0.25) is 0 Å². The summed E-state index contributed by atoms with van der Waals surface area (Å²) >= 11 is 0. The zero-order chi connectivity index (χ0) is 15.7. The first-order chi connectivity index (χ1) is 10.6. The van der Waals surface area contributed by atoms with E-state index >= 15 is 0 Å². The number of benzene rings is 1. The summed E-state index contributed by atoms with van der Waals surface area (Å²) in [5.41, 5.74) is 2.11. The van der Waals surface area contributed by atoms with Crippen LogP contribution in [0.3, 0.4) is 0 Å². The smallest absolute Gasteiger partial charge is 0.276 e. The maximum Gasteiger partial charge on any atom is 0.330 e. The zero-order valence-electron chi connectivity index (χ0n) is 12.5. The van der Waals surface area contributed by atoms with Crippen LogP contribution in [0.4, 0.5) is 0 Å². The Bertz CT molecular complexity index is 942. The molecule has 2 aromatic heterocycles. The average molecular weight is 296 g/mol. The Morgan fingerprint density at radius 1 is 1.05 bits per heavy atom. The summed E-state index contributed by atoms with van der Waals surface area (Å²) in [6, 6.07) is 9.86. The van der Waals surface area contributed by atoms with E-state index in [2.05, 4.69) is 15.0 Å². The van der Waals surface area contributed by atoms with E-state index in [0.717, 1.165) is 5.56 Å². The first-order valence-corrected chi connectivity index (χ1v) is 7.08. The Kier molecular flexibility index (Phi) is 3.58. The lowest BCUT2D eigenvalue weighted by atomic mass is 10.1. The molecule has 6 heteroatoms. The van der Waals surface area contributed by atoms with Crippen LogP contribution in [0.1, 0.15) is 17.0 Å². The third-order valence-corrected chi connectivity index (χ3v) is 3.69. The fraction of sp³-hybridized carbons (Fsp3) is 0.250. The molecule has 0 atom stereocenters. The van der Waals surface area contributed by atoms with Crippen molar-refractivity contribution in [3.8, 4) is 0 Å². The number of aromatic nitrogens is 4. The van der Waals surface area contributed by atoms with Gasteiger partial charge in [0, 0.05) is 6.54 Å². The number of nitrogens with one attached hydrogen (secondary N) is 1. The third-order valence-electron chi connectivity index (χ3n) is 3.69. The molecule has 0 bridgehead atoms. The molecule has 0 aliphatic rings. The molecule has 0 spiro atoms. The molecule has 0 radical (unpaired) electrons. The summed E-state index contributed by atoms with van der Waals surface area (Å²) in [6.45, 7) is 4.04. The van der Waals surface area contributed by atoms with Gasteiger partial charge in [0.05, 0.1) is 11.4 Å². The van der Waals surface area contributed by atoms with Gasteiger partial charge in [0.25, 0.3) is 5.56 Å². The van der Waals surface area contributed by atoms with E-state index in [1.165, 1.54) is 4.57 Å². The van der Waals surface area contributed by atoms with Crippen molar-refractivity contribution in [3.63, 3.8) is 0 Å². The molecule has 2 heterocycles. The Balaban J connectivity index is 2.10. The van der Waals surface area contributed by atoms with Gasteiger partial charge in [-0.2, -0.15) is 0 Å². The van der Waals surface area contributed by atoms with Crippen LogP contribution in [0, 0.1) is 13.8 Å². The molecule has 0 aliphatic heterocycles. The maximum absolute atomic E-state index is 12.1. The van der Waals surface area contributed by atoms with Crippen molar-refractivity contribution in [2.24, 2.45) is 0 Å². The van der Waals surface area contributed by atoms with E-state index in [1.54, 1.807) is 6.92 Å². The lowest BCUT2D eigenvalue weighted by Crippen LogP contribution is -2.32. The highest BCUT2D eigenvalue weighted by Crippen LogP contribution is 2.08. The highest BCUT2D eigenvalue weighted by Gasteiger charge is 2.12. The molecule has 3 aromatic rings. The Morgan fingerprint density at radius 3 is 2.45 bits per heavy atom. The van der Waals surface area contributed by atoms with Crippen molar-refractivity contribution in [1.82, 2.24) is 19.5 Å². The number of H-pyrrole nitrogens is 1. The molecule has 22 heavy (non-hydrogen) atoms. The van der Waals surface area contributed by atoms with Gasteiger partial charge in [-0.3, -0.25) is 14.3 Å². The Hall–Kier alpha value is -2.76. The predicted molar refractivity (Wildman–Crippen MR) is 84.0 cm³/mol. The van der Waals surface area contributed by atoms with Crippen LogP contribution in [0.15, 0.2) is 39.9 Å². The Morgan fingerprint density at radius 2 is 1.73 bits per heavy atom. The average Bonchev–Trinajstić information content (AvgIpc) is 2.50. The second-order valence-corrected chi connectivity index (χ2v) is 5.21. The van der Waals surface area contributed by atoms with Crippen molar-refractivity contribution < 1.29 is 0 Å². The third kappa shape index (κ3) is 2.55. The fourth-order valence-corrected chi connectivity index (χ4v) is 2.34. The number of fused-ring (bicyclic) bond motifs is 1. The summed E-state index contributed by atoms with van der Waals surface area (Å²) in [5.74, 6) is 0. The monoisotopic (exact) mass is 296 g/mol. The van der Waals surface area contributed by atoms with Crippen molar-refractivity contribution in [1.29, 1.82) is 0 Å². The number of aryl methyl sites for hydroxylation is 4. The molecular weight excluding hydrogens is 280 g/mol. The normalized spacial score (nSPS) is 11.0. The van der Waals surface area contributed by atoms with Crippen LogP contribution in [-0.4, -0.2) is 19.5 Å². The molecule has 3 rings (SSSR count). The van der Waals surface area contributed by atoms with Gasteiger partial charge >= 0.3 is 5.69 Å². The molecule has 112 valence electrons. The van der Waals surface area contributed by atoms with Gasteiger partial charge in [-0.15, -0.1) is 0 Å². The Labute approximate surface area is 126 Å². The van der Waals surface area contributed by atoms with E-state index < -0.39 is 11.2 Å². The van der Waals surface area contributed by atoms with E-state index in [9.17, 15) is 9.59 Å². The van der Waals surface area contributed by atoms with Gasteiger partial charge in [0.1, 0.15) is 0 Å². The second kappa shape index (κ2) is 5.55. The van der Waals surface area contributed by atoms with Crippen LogP contribution < -0.4 is 11.2 Å². The van der Waals surface area contributed by atoms with E-state index in [1.807, 2.05) is 37.3 Å². The molecule has 6 nitrogen and oxygen atoms in total. The standard InChI is InChI=1S/C16H16N4O2/c1-10-11(2)18-14-13(17-10)15(21)19-16(22)20(14)9-8-12-6-4-3-5-7-12/h3-7H,8-9H2,1-2H3,(H,19,21,22). The van der Waals surface area contributed by atoms with Crippen molar-refractivity contribution in [2.45, 2.75) is 26.8 Å². The van der Waals surface area contributed by atoms with Gasteiger partial charge < -0.3 is 0 Å². The topological polar surface area (TPSA) is 80.6 Å². The number of nitrogens with zero attached hydrogens (tertiary/aromatic N) is 3. The number of aromatic amines is 1. The van der Waals surface area contributed by atoms with Crippen LogP contribution >= 0.6 is 0 Å². The molecule has 1 aromatic carbocycles. The van der Waals surface area contributed by atoms with Gasteiger partial charge in [-0.05, 0) is 25.8 Å². The zero-order valence-corrected chi connectivity index (χ0v) is 12.5. The van der Waals surface area contributed by atoms with Crippen molar-refractivity contribution in [3.05, 3.63) is 68.1 Å². The largest absolute Gasteiger partial charge is 0.330 e. The first-order valence-electron chi connectivity index (χ1n) is 7.08. The van der Waals surface area contributed by atoms with Gasteiger partial charge in [-0.25, -0.2) is 14.8 Å². The van der Waals surface area contributed by atoms with Gasteiger partial charge in [-0.1, -0.05) is 30.3 Å². The highest BCUT2D eigenvalue weighted by atomic mass is 16.2. The molecular formula is C16H16N4O2. The highest BCUT2D eigenvalue weighted by molar-refractivity contribution is 5.69. The summed E-state index contributed by atoms with van der Waals surface area (Å²) < 4.78 is 1.48. The molecule has 0 saturated heterocycles. The molecule has 0 fully saturated rings. The quantitative estimate of drug-likeness (QED) is 0.791. The minimum Gasteiger partial charge on any atom is -0.276 e. The summed E-state index contributed by atoms with van der Waals surface area (Å²) in [6.07, 6.45) is 0.677. The fourth-order valence-electron chi connectivity index (χ4n) is 2.34. The van der Waals surface area contributed by atoms with E-state index in [0.29, 0.717) is 30.0 Å². The number of hydrogen-bond donors (Lipinski definition) is 1. The molecule has 0 unspecified atom stereocenters. The second-order valence-electron chi connectivity index (χ2n) is 5.21. The summed E-state index contributed by atoms with van der Waals surface area (Å²) in [4.78, 5) is 35.0. The number of hydrogen-bond acceptors (Lipinski definition) is 4. The molecule has 0 aliphatic carbocycles. The minimum absolute atomic E-state index is 0.204. The van der Waals surface area contributed by atoms with Crippen molar-refractivity contribution in [2.75, 3.05) is 0 Å². The van der Waals surface area contributed by atoms with E-state index in [-0.39, 0.29) is 5.52 Å². The predicted octanol–water partition coefficient (Wildman–Crippen LogP) is 1.34. The van der Waals surface area contributed by atoms with Crippen LogP contribution in [0.5, 0.6) is 0 Å². The lowest BCUT2D eigenvalue weighted by molar-refractivity contribution is 0.662. The minimum atomic E-state index is -0.494. The first kappa shape index (κ1) is 14.2. The van der Waals surface area contributed by atoms with Crippen LogP contribution in [-0.2, 0) is 13.0 Å². The van der Waals surface area contributed by atoms with Gasteiger partial charge in [0.15, 0.2) is 11.2 Å². The molecule has 1 N–H and O–H groups in total. The molecule has 0 saturated carbocycles. The van der Waals surface area contributed by atoms with Crippen molar-refractivity contribution >= 4 is 11.2 Å². The molecule has 0 amide bonds. The SMILES string of the molecule is Cc1nc2c(=O)[nH]c(=O)n(CCc3ccccc3)c2nc1C. The van der Waals surface area contributed by atoms with Gasteiger partial charge in [0.2, 0.25) is 0 Å². The van der Waals surface area contributed by atoms with E-state index in [4.69, 9.17) is 0 Å².